The van der Waals surface area contributed by atoms with Crippen LogP contribution in [0.3, 0.4) is 0 Å². The summed E-state index contributed by atoms with van der Waals surface area (Å²) in [4.78, 5) is 0. The average Bonchev–Trinajstić information content (AvgIpc) is 0.722. The van der Waals surface area contributed by atoms with Crippen molar-refractivity contribution in [2.24, 2.45) is 0 Å². The Bertz CT molecular complexity index is 94.9. The van der Waals surface area contributed by atoms with Gasteiger partial charge in [0.25, 0.3) is 0 Å². The largest absolute Gasteiger partial charge is 2.00 e. The van der Waals surface area contributed by atoms with Crippen LogP contribution in [0.1, 0.15) is 0 Å². The van der Waals surface area contributed by atoms with Crippen molar-refractivity contribution in [1.29, 1.82) is 0 Å². The Hall–Kier alpha value is 2.06. The van der Waals surface area contributed by atoms with Crippen LogP contribution >= 0.6 is 0 Å². The summed E-state index contributed by atoms with van der Waals surface area (Å²) in [5.41, 5.74) is 0. The molecule has 0 saturated heterocycles. The molecule has 0 fully saturated rings. The molecule has 0 amide bonds. The third kappa shape index (κ3) is 69.6. The zero-order chi connectivity index (χ0) is 4.50. The first-order valence-corrected chi connectivity index (χ1v) is 2.00. The van der Waals surface area contributed by atoms with Gasteiger partial charge in [0.2, 0.25) is 0 Å². The maximum absolute atomic E-state index is 8.52. The van der Waals surface area contributed by atoms with Gasteiger partial charge in [0.15, 0.2) is 0 Å². The van der Waals surface area contributed by atoms with Crippen molar-refractivity contribution in [1.82, 2.24) is 0 Å². The Kier molecular flexibility index (Phi) is 14.2. The fourth-order valence-corrected chi connectivity index (χ4v) is 0. The van der Waals surface area contributed by atoms with E-state index in [9.17, 15) is 0 Å². The fraction of sp³-hybridized carbons (Fsp3) is 0. The van der Waals surface area contributed by atoms with Crippen molar-refractivity contribution < 1.29 is 39.2 Å². The summed E-state index contributed by atoms with van der Waals surface area (Å²) in [5.74, 6) is 0. The zero-order valence-electron chi connectivity index (χ0n) is 3.25. The molecule has 0 N–H and O–H groups in total. The van der Waals surface area contributed by atoms with Crippen molar-refractivity contribution in [3.05, 3.63) is 0 Å². The summed E-state index contributed by atoms with van der Waals surface area (Å²) in [6.07, 6.45) is 0. The topological polar surface area (TPSA) is 80.3 Å². The third-order valence-corrected chi connectivity index (χ3v) is 0. The Balaban J connectivity index is -0.0000000800. The molecule has 0 saturated carbocycles. The summed E-state index contributed by atoms with van der Waals surface area (Å²) in [7, 11) is -5.17. The smallest absolute Gasteiger partial charge is 0.759 e. The van der Waals surface area contributed by atoms with Gasteiger partial charge in [-0.25, -0.2) is 0 Å². The van der Waals surface area contributed by atoms with Crippen LogP contribution in [-0.2, 0) is 32.1 Å². The van der Waals surface area contributed by atoms with E-state index in [4.69, 9.17) is 17.5 Å². The normalized spacial score (nSPS) is 8.29. The molecular formula is O4SSrTi+2. The van der Waals surface area contributed by atoms with E-state index in [0.717, 1.165) is 0 Å². The van der Waals surface area contributed by atoms with Gasteiger partial charge in [-0.1, -0.05) is 0 Å². The second-order valence-corrected chi connectivity index (χ2v) is 1.22. The average molecular weight is 232 g/mol. The molecule has 0 aromatic carbocycles. The molecule has 4 nitrogen and oxygen atoms in total. The van der Waals surface area contributed by atoms with Crippen LogP contribution in [0.5, 0.6) is 0 Å². The first kappa shape index (κ1) is 16.0. The second-order valence-electron chi connectivity index (χ2n) is 0.408. The molecule has 7 heteroatoms. The molecule has 0 rings (SSSR count). The van der Waals surface area contributed by atoms with Gasteiger partial charge in [-0.15, -0.1) is 0 Å². The van der Waals surface area contributed by atoms with Gasteiger partial charge in [0, 0.05) is 10.4 Å². The van der Waals surface area contributed by atoms with Crippen LogP contribution in [0.25, 0.3) is 0 Å². The minimum absolute atomic E-state index is 0. The van der Waals surface area contributed by atoms with E-state index in [2.05, 4.69) is 0 Å². The second kappa shape index (κ2) is 6.19. The van der Waals surface area contributed by atoms with Crippen molar-refractivity contribution in [2.75, 3.05) is 0 Å². The van der Waals surface area contributed by atoms with Crippen LogP contribution in [0.15, 0.2) is 0 Å². The van der Waals surface area contributed by atoms with E-state index in [-0.39, 0.29) is 67.2 Å². The SMILES string of the molecule is O=S(=O)([O-])[O-].[Sr+2].[Ti+2]. The molecular weight excluding hydrogens is 232 g/mol. The van der Waals surface area contributed by atoms with E-state index in [1.807, 2.05) is 0 Å². The van der Waals surface area contributed by atoms with E-state index >= 15 is 0 Å². The van der Waals surface area contributed by atoms with Gasteiger partial charge in [0.1, 0.15) is 0 Å². The third-order valence-electron chi connectivity index (χ3n) is 0. The summed E-state index contributed by atoms with van der Waals surface area (Å²) in [6.45, 7) is 0. The molecule has 0 aromatic rings. The molecule has 0 aliphatic carbocycles. The standard InChI is InChI=1S/H2O4S.Sr.Ti/c1-5(2,3)4;;/h(H2,1,2,3,4);;/q;2*+2/p-2. The van der Waals surface area contributed by atoms with Gasteiger partial charge < -0.3 is 9.11 Å². The van der Waals surface area contributed by atoms with Crippen LogP contribution < -0.4 is 0 Å². The molecule has 0 aromatic heterocycles. The van der Waals surface area contributed by atoms with Crippen molar-refractivity contribution in [2.45, 2.75) is 0 Å². The Morgan fingerprint density at radius 1 is 1.14 bits per heavy atom. The van der Waals surface area contributed by atoms with Crippen molar-refractivity contribution in [3.63, 3.8) is 0 Å². The fourth-order valence-electron chi connectivity index (χ4n) is 0. The molecule has 0 bridgehead atoms. The monoisotopic (exact) mass is 232 g/mol. The summed E-state index contributed by atoms with van der Waals surface area (Å²) in [6, 6.07) is 0. The molecule has 0 spiro atoms. The van der Waals surface area contributed by atoms with Gasteiger partial charge in [-0.2, -0.15) is 0 Å². The molecule has 0 heterocycles. The van der Waals surface area contributed by atoms with Gasteiger partial charge in [0.05, 0.1) is 0 Å². The van der Waals surface area contributed by atoms with Gasteiger partial charge in [-0.3, -0.25) is 8.42 Å². The Labute approximate surface area is 93.4 Å². The first-order chi connectivity index (χ1) is 2.00. The predicted molar refractivity (Wildman–Crippen MR) is 16.2 cm³/mol. The van der Waals surface area contributed by atoms with Crippen LogP contribution in [-0.4, -0.2) is 63.0 Å². The van der Waals surface area contributed by atoms with Gasteiger partial charge in [-0.05, 0) is 0 Å². The molecule has 34 valence electrons. The zero-order valence-corrected chi connectivity index (χ0v) is 9.10. The Morgan fingerprint density at radius 3 is 1.14 bits per heavy atom. The quantitative estimate of drug-likeness (QED) is 0.282. The molecule has 0 radical (unpaired) electrons. The van der Waals surface area contributed by atoms with E-state index < -0.39 is 10.4 Å². The van der Waals surface area contributed by atoms with Crippen molar-refractivity contribution in [3.8, 4) is 0 Å². The van der Waals surface area contributed by atoms with E-state index in [0.29, 0.717) is 0 Å². The predicted octanol–water partition coefficient (Wildman–Crippen LogP) is -1.72. The van der Waals surface area contributed by atoms with E-state index in [1.165, 1.54) is 0 Å². The number of hydrogen-bond donors (Lipinski definition) is 0. The maximum atomic E-state index is 8.52. The van der Waals surface area contributed by atoms with Crippen LogP contribution in [0, 0.1) is 0 Å². The molecule has 7 heavy (non-hydrogen) atoms. The minimum Gasteiger partial charge on any atom is -0.759 e. The first-order valence-electron chi connectivity index (χ1n) is 0.667. The van der Waals surface area contributed by atoms with Crippen molar-refractivity contribution >= 4 is 55.9 Å². The van der Waals surface area contributed by atoms with Crippen LogP contribution in [0.4, 0.5) is 0 Å². The number of rotatable bonds is 0. The Morgan fingerprint density at radius 2 is 1.14 bits per heavy atom. The molecule has 0 atom stereocenters. The summed E-state index contributed by atoms with van der Waals surface area (Å²) in [5, 5.41) is 0. The summed E-state index contributed by atoms with van der Waals surface area (Å²) >= 11 is 0. The minimum atomic E-state index is -5.17. The number of hydrogen-bond acceptors (Lipinski definition) is 4. The summed E-state index contributed by atoms with van der Waals surface area (Å²) < 4.78 is 34.1. The van der Waals surface area contributed by atoms with Crippen LogP contribution in [0.2, 0.25) is 0 Å². The molecule has 0 unspecified atom stereocenters. The maximum Gasteiger partial charge on any atom is 2.00 e. The van der Waals surface area contributed by atoms with E-state index in [1.54, 1.807) is 0 Å². The molecule has 0 aliphatic rings. The van der Waals surface area contributed by atoms with Gasteiger partial charge >= 0.3 is 67.2 Å². The molecule has 0 aliphatic heterocycles.